The van der Waals surface area contributed by atoms with Crippen molar-refractivity contribution in [2.75, 3.05) is 0 Å². The maximum atomic E-state index is 5.95. The third-order valence-corrected chi connectivity index (χ3v) is 3.49. The van der Waals surface area contributed by atoms with Gasteiger partial charge in [-0.2, -0.15) is 0 Å². The number of hydrogen-bond donors (Lipinski definition) is 1. The van der Waals surface area contributed by atoms with E-state index in [4.69, 9.17) is 5.73 Å². The first kappa shape index (κ1) is 5.72. The molecule has 4 unspecified atom stereocenters. The summed E-state index contributed by atoms with van der Waals surface area (Å²) in [5.41, 5.74) is 6.59. The Morgan fingerprint density at radius 2 is 1.89 bits per heavy atom. The molecular weight excluding hydrogens is 110 g/mol. The van der Waals surface area contributed by atoms with Gasteiger partial charge in [0.2, 0.25) is 0 Å². The van der Waals surface area contributed by atoms with Crippen LogP contribution in [0.3, 0.4) is 0 Å². The van der Waals surface area contributed by atoms with E-state index in [-0.39, 0.29) is 0 Å². The van der Waals surface area contributed by atoms with Gasteiger partial charge in [-0.05, 0) is 30.1 Å². The van der Waals surface area contributed by atoms with Crippen LogP contribution in [0.4, 0.5) is 0 Å². The molecule has 2 rings (SSSR count). The monoisotopic (exact) mass is 125 g/mol. The fourth-order valence-electron chi connectivity index (χ4n) is 2.53. The van der Waals surface area contributed by atoms with Gasteiger partial charge in [0.1, 0.15) is 0 Å². The summed E-state index contributed by atoms with van der Waals surface area (Å²) >= 11 is 0. The average Bonchev–Trinajstić information content (AvgIpc) is 2.45. The van der Waals surface area contributed by atoms with Crippen LogP contribution in [0.15, 0.2) is 0 Å². The van der Waals surface area contributed by atoms with Gasteiger partial charge in [0.15, 0.2) is 0 Å². The molecule has 2 aliphatic rings. The lowest BCUT2D eigenvalue weighted by molar-refractivity contribution is 0.121. The smallest absolute Gasteiger partial charge is 0.0124 e. The molecule has 9 heavy (non-hydrogen) atoms. The fourth-order valence-corrected chi connectivity index (χ4v) is 2.53. The number of nitrogens with two attached hydrogens (primary N) is 1. The van der Waals surface area contributed by atoms with Crippen molar-refractivity contribution in [2.45, 2.75) is 32.7 Å². The molecule has 2 fully saturated rings. The second-order valence-electron chi connectivity index (χ2n) is 4.05. The van der Waals surface area contributed by atoms with Gasteiger partial charge >= 0.3 is 0 Å². The zero-order chi connectivity index (χ0) is 6.65. The van der Waals surface area contributed by atoms with E-state index in [0.717, 1.165) is 11.8 Å². The van der Waals surface area contributed by atoms with Crippen LogP contribution < -0.4 is 5.73 Å². The summed E-state index contributed by atoms with van der Waals surface area (Å²) in [6.07, 6.45) is 2.80. The molecule has 0 aromatic rings. The molecule has 4 atom stereocenters. The van der Waals surface area contributed by atoms with E-state index in [9.17, 15) is 0 Å². The summed E-state index contributed by atoms with van der Waals surface area (Å²) in [7, 11) is 0. The molecule has 0 aromatic carbocycles. The Balaban J connectivity index is 2.05. The minimum Gasteiger partial charge on any atom is -0.327 e. The Kier molecular flexibility index (Phi) is 0.852. The van der Waals surface area contributed by atoms with Gasteiger partial charge in [-0.1, -0.05) is 13.8 Å². The Bertz CT molecular complexity index is 144. The molecule has 52 valence electrons. The van der Waals surface area contributed by atoms with Crippen LogP contribution in [0.5, 0.6) is 0 Å². The molecule has 0 saturated heterocycles. The van der Waals surface area contributed by atoms with E-state index >= 15 is 0 Å². The highest BCUT2D eigenvalue weighted by molar-refractivity contribution is 5.15. The second-order valence-corrected chi connectivity index (χ2v) is 4.05. The quantitative estimate of drug-likeness (QED) is 0.520. The highest BCUT2D eigenvalue weighted by Gasteiger charge is 2.63. The van der Waals surface area contributed by atoms with Crippen molar-refractivity contribution in [1.29, 1.82) is 0 Å². The van der Waals surface area contributed by atoms with Gasteiger partial charge in [0, 0.05) is 6.04 Å². The van der Waals surface area contributed by atoms with Crippen LogP contribution in [0, 0.1) is 17.3 Å². The molecule has 0 aliphatic heterocycles. The molecule has 1 heteroatoms. The van der Waals surface area contributed by atoms with Gasteiger partial charge in [-0.3, -0.25) is 0 Å². The van der Waals surface area contributed by atoms with Gasteiger partial charge in [0.25, 0.3) is 0 Å². The van der Waals surface area contributed by atoms with Crippen LogP contribution in [0.2, 0.25) is 0 Å². The maximum Gasteiger partial charge on any atom is 0.0124 e. The standard InChI is InChI=1S/C8H15N/c1-5-3-8(7(5)9)4-6(8)2/h5-7H,3-4,9H2,1-2H3. The first-order valence-corrected chi connectivity index (χ1v) is 3.92. The Morgan fingerprint density at radius 3 is 2.00 bits per heavy atom. The van der Waals surface area contributed by atoms with Crippen LogP contribution in [0.25, 0.3) is 0 Å². The molecule has 0 aromatic heterocycles. The molecule has 2 aliphatic carbocycles. The van der Waals surface area contributed by atoms with Crippen molar-refractivity contribution in [3.63, 3.8) is 0 Å². The maximum absolute atomic E-state index is 5.95. The SMILES string of the molecule is CC1CC2(CC2C)C1N. The minimum atomic E-state index is 0.535. The third-order valence-electron chi connectivity index (χ3n) is 3.49. The summed E-state index contributed by atoms with van der Waals surface area (Å²) < 4.78 is 0. The number of rotatable bonds is 0. The Hall–Kier alpha value is -0.0400. The van der Waals surface area contributed by atoms with E-state index in [1.54, 1.807) is 0 Å². The molecule has 1 spiro atoms. The van der Waals surface area contributed by atoms with Crippen molar-refractivity contribution in [3.05, 3.63) is 0 Å². The van der Waals surface area contributed by atoms with Crippen LogP contribution in [0.1, 0.15) is 26.7 Å². The van der Waals surface area contributed by atoms with Gasteiger partial charge in [0.05, 0.1) is 0 Å². The van der Waals surface area contributed by atoms with Crippen molar-refractivity contribution >= 4 is 0 Å². The lowest BCUT2D eigenvalue weighted by atomic mass is 9.67. The van der Waals surface area contributed by atoms with E-state index in [1.807, 2.05) is 0 Å². The predicted molar refractivity (Wildman–Crippen MR) is 38.0 cm³/mol. The second kappa shape index (κ2) is 1.34. The first-order valence-electron chi connectivity index (χ1n) is 3.92. The largest absolute Gasteiger partial charge is 0.327 e. The third kappa shape index (κ3) is 0.493. The molecule has 0 heterocycles. The molecular formula is C8H15N. The summed E-state index contributed by atoms with van der Waals surface area (Å²) in [5.74, 6) is 1.73. The van der Waals surface area contributed by atoms with Crippen molar-refractivity contribution in [2.24, 2.45) is 23.0 Å². The molecule has 0 amide bonds. The summed E-state index contributed by atoms with van der Waals surface area (Å²) in [4.78, 5) is 0. The van der Waals surface area contributed by atoms with E-state index in [1.165, 1.54) is 12.8 Å². The normalized spacial score (nSPS) is 63.7. The lowest BCUT2D eigenvalue weighted by Gasteiger charge is -2.42. The van der Waals surface area contributed by atoms with E-state index in [0.29, 0.717) is 11.5 Å². The van der Waals surface area contributed by atoms with Gasteiger partial charge < -0.3 is 5.73 Å². The Morgan fingerprint density at radius 1 is 1.33 bits per heavy atom. The van der Waals surface area contributed by atoms with Crippen molar-refractivity contribution < 1.29 is 0 Å². The molecule has 0 radical (unpaired) electrons. The van der Waals surface area contributed by atoms with Crippen LogP contribution in [-0.2, 0) is 0 Å². The minimum absolute atomic E-state index is 0.535. The first-order chi connectivity index (χ1) is 4.17. The summed E-state index contributed by atoms with van der Waals surface area (Å²) in [6.45, 7) is 4.59. The molecule has 2 N–H and O–H groups in total. The topological polar surface area (TPSA) is 26.0 Å². The highest BCUT2D eigenvalue weighted by atomic mass is 14.8. The Labute approximate surface area is 56.6 Å². The van der Waals surface area contributed by atoms with Crippen LogP contribution in [-0.4, -0.2) is 6.04 Å². The van der Waals surface area contributed by atoms with Crippen molar-refractivity contribution in [1.82, 2.24) is 0 Å². The zero-order valence-electron chi connectivity index (χ0n) is 6.22. The number of hydrogen-bond acceptors (Lipinski definition) is 1. The lowest BCUT2D eigenvalue weighted by Crippen LogP contribution is -2.49. The van der Waals surface area contributed by atoms with E-state index < -0.39 is 0 Å². The zero-order valence-corrected chi connectivity index (χ0v) is 6.22. The van der Waals surface area contributed by atoms with Crippen molar-refractivity contribution in [3.8, 4) is 0 Å². The van der Waals surface area contributed by atoms with Crippen LogP contribution >= 0.6 is 0 Å². The predicted octanol–water partition coefficient (Wildman–Crippen LogP) is 1.38. The summed E-state index contributed by atoms with van der Waals surface area (Å²) in [5, 5.41) is 0. The molecule has 0 bridgehead atoms. The fraction of sp³-hybridized carbons (Fsp3) is 1.00. The van der Waals surface area contributed by atoms with Gasteiger partial charge in [-0.25, -0.2) is 0 Å². The van der Waals surface area contributed by atoms with Gasteiger partial charge in [-0.15, -0.1) is 0 Å². The highest BCUT2D eigenvalue weighted by Crippen LogP contribution is 2.66. The molecule has 1 nitrogen and oxygen atoms in total. The average molecular weight is 125 g/mol. The molecule has 2 saturated carbocycles. The van der Waals surface area contributed by atoms with E-state index in [2.05, 4.69) is 13.8 Å². The summed E-state index contributed by atoms with van der Waals surface area (Å²) in [6, 6.07) is 0.535.